The van der Waals surface area contributed by atoms with Crippen molar-refractivity contribution in [1.82, 2.24) is 20.1 Å². The molecule has 2 heterocycles. The van der Waals surface area contributed by atoms with Crippen LogP contribution in [0.5, 0.6) is 0 Å². The topological polar surface area (TPSA) is 84.3 Å². The Labute approximate surface area is 194 Å². The number of carbonyl (C=O) groups excluding carboxylic acids is 1. The Morgan fingerprint density at radius 1 is 1.19 bits per heavy atom. The second-order valence-electron chi connectivity index (χ2n) is 8.21. The van der Waals surface area contributed by atoms with Gasteiger partial charge in [0.05, 0.1) is 5.57 Å². The fourth-order valence-corrected chi connectivity index (χ4v) is 4.39. The maximum Gasteiger partial charge on any atom is 0.330 e. The van der Waals surface area contributed by atoms with E-state index in [1.54, 1.807) is 11.9 Å². The van der Waals surface area contributed by atoms with Crippen molar-refractivity contribution < 1.29 is 4.79 Å². The third kappa shape index (κ3) is 4.50. The van der Waals surface area contributed by atoms with Gasteiger partial charge in [-0.15, -0.1) is 0 Å². The molecule has 7 nitrogen and oxygen atoms in total. The third-order valence-electron chi connectivity index (χ3n) is 5.91. The van der Waals surface area contributed by atoms with Gasteiger partial charge in [-0.25, -0.2) is 4.79 Å². The van der Waals surface area contributed by atoms with Crippen LogP contribution in [0.3, 0.4) is 0 Å². The van der Waals surface area contributed by atoms with E-state index >= 15 is 0 Å². The smallest absolute Gasteiger partial charge is 0.330 e. The molecule has 1 aromatic heterocycles. The SMILES string of the molecule is Cc1ccc(CN/C(Nc2ccccc2)=C2\C(=N)N(C3CCCC3)C(=O)N(C)C2=S)cn1. The highest BCUT2D eigenvalue weighted by molar-refractivity contribution is 7.80. The van der Waals surface area contributed by atoms with Gasteiger partial charge in [0.15, 0.2) is 0 Å². The van der Waals surface area contributed by atoms with Gasteiger partial charge in [-0.1, -0.05) is 49.3 Å². The van der Waals surface area contributed by atoms with Crippen molar-refractivity contribution in [2.24, 2.45) is 0 Å². The minimum absolute atomic E-state index is 0.0369. The van der Waals surface area contributed by atoms with Crippen LogP contribution in [-0.4, -0.2) is 44.7 Å². The van der Waals surface area contributed by atoms with Gasteiger partial charge < -0.3 is 10.6 Å². The van der Waals surface area contributed by atoms with Crippen LogP contribution in [0.2, 0.25) is 0 Å². The van der Waals surface area contributed by atoms with E-state index in [-0.39, 0.29) is 17.9 Å². The van der Waals surface area contributed by atoms with Crippen molar-refractivity contribution >= 4 is 34.8 Å². The summed E-state index contributed by atoms with van der Waals surface area (Å²) >= 11 is 5.66. The summed E-state index contributed by atoms with van der Waals surface area (Å²) in [7, 11) is 1.68. The monoisotopic (exact) mass is 448 g/mol. The number of aromatic nitrogens is 1. The first kappa shape index (κ1) is 22.0. The van der Waals surface area contributed by atoms with E-state index < -0.39 is 0 Å². The van der Waals surface area contributed by atoms with Gasteiger partial charge in [-0.3, -0.25) is 20.2 Å². The Morgan fingerprint density at radius 2 is 1.91 bits per heavy atom. The lowest BCUT2D eigenvalue weighted by atomic mass is 10.1. The number of amidine groups is 1. The number of nitrogens with zero attached hydrogens (tertiary/aromatic N) is 3. The van der Waals surface area contributed by atoms with Crippen LogP contribution in [0.4, 0.5) is 10.5 Å². The summed E-state index contributed by atoms with van der Waals surface area (Å²) in [6.07, 6.45) is 5.79. The maximum atomic E-state index is 13.0. The summed E-state index contributed by atoms with van der Waals surface area (Å²) in [5.74, 6) is 0.757. The molecule has 1 aromatic carbocycles. The average molecular weight is 449 g/mol. The highest BCUT2D eigenvalue weighted by Crippen LogP contribution is 2.30. The summed E-state index contributed by atoms with van der Waals surface area (Å²) in [5.41, 5.74) is 3.36. The molecule has 1 aliphatic heterocycles. The zero-order valence-corrected chi connectivity index (χ0v) is 19.2. The quantitative estimate of drug-likeness (QED) is 0.450. The van der Waals surface area contributed by atoms with Gasteiger partial charge in [0.1, 0.15) is 16.6 Å². The zero-order valence-electron chi connectivity index (χ0n) is 18.4. The van der Waals surface area contributed by atoms with Crippen LogP contribution in [-0.2, 0) is 6.54 Å². The van der Waals surface area contributed by atoms with Gasteiger partial charge in [0.25, 0.3) is 0 Å². The number of benzene rings is 1. The molecule has 2 fully saturated rings. The number of amides is 2. The number of anilines is 1. The minimum atomic E-state index is -0.225. The van der Waals surface area contributed by atoms with Crippen LogP contribution in [0.1, 0.15) is 36.9 Å². The van der Waals surface area contributed by atoms with Crippen LogP contribution in [0, 0.1) is 12.3 Å². The summed E-state index contributed by atoms with van der Waals surface area (Å²) in [4.78, 5) is 20.8. The molecule has 2 amide bonds. The first-order valence-electron chi connectivity index (χ1n) is 10.9. The lowest BCUT2D eigenvalue weighted by Gasteiger charge is -2.39. The average Bonchev–Trinajstić information content (AvgIpc) is 3.32. The normalized spacial score (nSPS) is 18.9. The number of hydrogen-bond donors (Lipinski definition) is 3. The lowest BCUT2D eigenvalue weighted by molar-refractivity contribution is 0.190. The van der Waals surface area contributed by atoms with E-state index in [1.807, 2.05) is 55.6 Å². The second-order valence-corrected chi connectivity index (χ2v) is 8.59. The first-order valence-corrected chi connectivity index (χ1v) is 11.3. The lowest BCUT2D eigenvalue weighted by Crippen LogP contribution is -2.58. The van der Waals surface area contributed by atoms with Crippen LogP contribution < -0.4 is 10.6 Å². The molecule has 1 aliphatic carbocycles. The van der Waals surface area contributed by atoms with Gasteiger partial charge >= 0.3 is 6.03 Å². The van der Waals surface area contributed by atoms with E-state index in [1.165, 1.54) is 4.90 Å². The summed E-state index contributed by atoms with van der Waals surface area (Å²) in [5, 5.41) is 15.8. The van der Waals surface area contributed by atoms with Crippen molar-refractivity contribution in [2.45, 2.75) is 45.2 Å². The Hall–Kier alpha value is -3.26. The van der Waals surface area contributed by atoms with Crippen molar-refractivity contribution in [1.29, 1.82) is 5.41 Å². The summed E-state index contributed by atoms with van der Waals surface area (Å²) in [6, 6.07) is 13.5. The number of pyridine rings is 1. The predicted molar refractivity (Wildman–Crippen MR) is 130 cm³/mol. The van der Waals surface area contributed by atoms with Gasteiger partial charge in [0.2, 0.25) is 0 Å². The van der Waals surface area contributed by atoms with Crippen LogP contribution in [0.25, 0.3) is 0 Å². The van der Waals surface area contributed by atoms with E-state index in [0.29, 0.717) is 22.9 Å². The summed E-state index contributed by atoms with van der Waals surface area (Å²) in [6.45, 7) is 2.46. The molecule has 4 rings (SSSR count). The van der Waals surface area contributed by atoms with Gasteiger partial charge in [-0.05, 0) is 43.5 Å². The number of nitrogens with one attached hydrogen (secondary N) is 3. The van der Waals surface area contributed by atoms with Crippen molar-refractivity contribution in [3.05, 3.63) is 71.3 Å². The summed E-state index contributed by atoms with van der Waals surface area (Å²) < 4.78 is 0. The van der Waals surface area contributed by atoms with Crippen LogP contribution in [0.15, 0.2) is 60.1 Å². The van der Waals surface area contributed by atoms with Gasteiger partial charge in [0, 0.05) is 37.2 Å². The number of hydrogen-bond acceptors (Lipinski definition) is 6. The Balaban J connectivity index is 1.71. The molecule has 166 valence electrons. The standard InChI is InChI=1S/C24H28N6OS/c1-16-12-13-17(14-26-16)15-27-22(28-18-8-4-3-5-9-18)20-21(25)30(19-10-6-7-11-19)24(31)29(2)23(20)32/h3-5,8-9,12-14,19,25,27-28H,6-7,10-11,15H2,1-2H3/b22-20-,25-21?. The molecular formula is C24H28N6OS. The van der Waals surface area contributed by atoms with E-state index in [2.05, 4.69) is 15.6 Å². The molecule has 0 spiro atoms. The highest BCUT2D eigenvalue weighted by Gasteiger charge is 2.41. The number of thiocarbonyl (C=S) groups is 1. The predicted octanol–water partition coefficient (Wildman–Crippen LogP) is 4.42. The molecule has 0 radical (unpaired) electrons. The first-order chi connectivity index (χ1) is 15.5. The number of urea groups is 1. The van der Waals surface area contributed by atoms with E-state index in [4.69, 9.17) is 17.6 Å². The number of rotatable bonds is 6. The second kappa shape index (κ2) is 9.48. The molecule has 8 heteroatoms. The Bertz CT molecular complexity index is 1040. The highest BCUT2D eigenvalue weighted by atomic mass is 32.1. The molecule has 2 aliphatic rings. The molecule has 3 N–H and O–H groups in total. The minimum Gasteiger partial charge on any atom is -0.367 e. The molecule has 2 aromatic rings. The Morgan fingerprint density at radius 3 is 2.56 bits per heavy atom. The van der Waals surface area contributed by atoms with Crippen LogP contribution >= 0.6 is 12.2 Å². The molecular weight excluding hydrogens is 420 g/mol. The molecule has 32 heavy (non-hydrogen) atoms. The number of carbonyl (C=O) groups is 1. The van der Waals surface area contributed by atoms with Crippen molar-refractivity contribution in [3.63, 3.8) is 0 Å². The molecule has 1 saturated carbocycles. The van der Waals surface area contributed by atoms with E-state index in [9.17, 15) is 4.79 Å². The maximum absolute atomic E-state index is 13.0. The third-order valence-corrected chi connectivity index (χ3v) is 6.39. The number of aryl methyl sites for hydroxylation is 1. The number of likely N-dealkylation sites (N-methyl/N-ethyl adjacent to an activating group) is 1. The zero-order chi connectivity index (χ0) is 22.7. The molecule has 1 saturated heterocycles. The fourth-order valence-electron chi connectivity index (χ4n) is 4.11. The molecule has 0 atom stereocenters. The number of para-hydroxylation sites is 1. The van der Waals surface area contributed by atoms with Crippen molar-refractivity contribution in [3.8, 4) is 0 Å². The Kier molecular flexibility index (Phi) is 6.50. The molecule has 0 unspecified atom stereocenters. The van der Waals surface area contributed by atoms with Gasteiger partial charge in [-0.2, -0.15) is 0 Å². The molecule has 0 bridgehead atoms. The van der Waals surface area contributed by atoms with Crippen molar-refractivity contribution in [2.75, 3.05) is 12.4 Å². The van der Waals surface area contributed by atoms with E-state index in [0.717, 1.165) is 42.6 Å². The largest absolute Gasteiger partial charge is 0.367 e. The fraction of sp³-hybridized carbons (Fsp3) is 0.333.